The summed E-state index contributed by atoms with van der Waals surface area (Å²) in [5.74, 6) is 1.07. The third kappa shape index (κ3) is 4.89. The van der Waals surface area contributed by atoms with Gasteiger partial charge in [-0.3, -0.25) is 0 Å². The Balaban J connectivity index is 1.52. The molecule has 2 rings (SSSR count). The molecule has 4 heteroatoms. The second-order valence-corrected chi connectivity index (χ2v) is 5.74. The second-order valence-electron chi connectivity index (χ2n) is 3.60. The molecule has 0 amide bonds. The van der Waals surface area contributed by atoms with E-state index in [-0.39, 0.29) is 0 Å². The fraction of sp³-hybridized carbons (Fsp3) is 0.308. The van der Waals surface area contributed by atoms with Crippen LogP contribution in [0.5, 0.6) is 0 Å². The Morgan fingerprint density at radius 1 is 1.18 bits per heavy atom. The Morgan fingerprint density at radius 2 is 2.18 bits per heavy atom. The summed E-state index contributed by atoms with van der Waals surface area (Å²) in [7, 11) is 0. The highest BCUT2D eigenvalue weighted by Crippen LogP contribution is 2.12. The molecule has 17 heavy (non-hydrogen) atoms. The van der Waals surface area contributed by atoms with Gasteiger partial charge in [-0.1, -0.05) is 12.1 Å². The number of thioether (sulfide) groups is 1. The standard InChI is InChI=1S/C13H16N2S2/c1-2-7-15-13(5-1)17-11-9-14-8-6-12-4-3-10-16-12/h1-5,7,10,14H,6,8-9,11H2. The highest BCUT2D eigenvalue weighted by Gasteiger charge is 1.95. The van der Waals surface area contributed by atoms with Crippen LogP contribution in [-0.2, 0) is 6.42 Å². The van der Waals surface area contributed by atoms with E-state index in [0.717, 1.165) is 30.3 Å². The minimum absolute atomic E-state index is 1.03. The molecule has 0 saturated carbocycles. The van der Waals surface area contributed by atoms with E-state index in [4.69, 9.17) is 0 Å². The topological polar surface area (TPSA) is 24.9 Å². The number of pyridine rings is 1. The molecule has 2 aromatic heterocycles. The van der Waals surface area contributed by atoms with Crippen LogP contribution in [0.4, 0.5) is 0 Å². The van der Waals surface area contributed by atoms with Gasteiger partial charge in [0.05, 0.1) is 5.03 Å². The van der Waals surface area contributed by atoms with Crippen LogP contribution in [0.3, 0.4) is 0 Å². The monoisotopic (exact) mass is 264 g/mol. The van der Waals surface area contributed by atoms with Gasteiger partial charge in [-0.25, -0.2) is 4.98 Å². The van der Waals surface area contributed by atoms with Gasteiger partial charge in [-0.05, 0) is 36.5 Å². The Labute approximate surface area is 110 Å². The van der Waals surface area contributed by atoms with Gasteiger partial charge < -0.3 is 5.32 Å². The third-order valence-electron chi connectivity index (χ3n) is 2.29. The smallest absolute Gasteiger partial charge is 0.0960 e. The van der Waals surface area contributed by atoms with Gasteiger partial charge in [0, 0.05) is 23.4 Å². The first kappa shape index (κ1) is 12.6. The van der Waals surface area contributed by atoms with E-state index in [0.29, 0.717) is 0 Å². The van der Waals surface area contributed by atoms with Crippen molar-refractivity contribution < 1.29 is 0 Å². The first-order valence-electron chi connectivity index (χ1n) is 5.72. The molecule has 0 aliphatic rings. The molecule has 0 unspecified atom stereocenters. The molecule has 90 valence electrons. The molecule has 0 bridgehead atoms. The fourth-order valence-corrected chi connectivity index (χ4v) is 2.93. The summed E-state index contributed by atoms with van der Waals surface area (Å²) in [5, 5.41) is 6.69. The molecule has 0 spiro atoms. The quantitative estimate of drug-likeness (QED) is 0.614. The van der Waals surface area contributed by atoms with Gasteiger partial charge in [-0.2, -0.15) is 0 Å². The van der Waals surface area contributed by atoms with Gasteiger partial charge in [0.15, 0.2) is 0 Å². The number of thiophene rings is 1. The minimum Gasteiger partial charge on any atom is -0.316 e. The molecule has 1 N–H and O–H groups in total. The van der Waals surface area contributed by atoms with Crippen LogP contribution in [0.1, 0.15) is 4.88 Å². The van der Waals surface area contributed by atoms with Crippen molar-refractivity contribution >= 4 is 23.1 Å². The molecule has 2 aromatic rings. The van der Waals surface area contributed by atoms with Crippen molar-refractivity contribution in [3.63, 3.8) is 0 Å². The number of nitrogens with zero attached hydrogens (tertiary/aromatic N) is 1. The summed E-state index contributed by atoms with van der Waals surface area (Å²) in [6.07, 6.45) is 2.97. The maximum atomic E-state index is 4.27. The van der Waals surface area contributed by atoms with Gasteiger partial charge in [0.25, 0.3) is 0 Å². The SMILES string of the molecule is c1ccc(SCCNCCc2cccs2)nc1. The van der Waals surface area contributed by atoms with Crippen LogP contribution < -0.4 is 5.32 Å². The summed E-state index contributed by atoms with van der Waals surface area (Å²) in [5.41, 5.74) is 0. The summed E-state index contributed by atoms with van der Waals surface area (Å²) in [4.78, 5) is 5.73. The van der Waals surface area contributed by atoms with Gasteiger partial charge in [0.1, 0.15) is 0 Å². The molecule has 0 radical (unpaired) electrons. The van der Waals surface area contributed by atoms with E-state index < -0.39 is 0 Å². The number of aromatic nitrogens is 1. The van der Waals surface area contributed by atoms with Crippen molar-refractivity contribution in [1.29, 1.82) is 0 Å². The van der Waals surface area contributed by atoms with E-state index >= 15 is 0 Å². The Kier molecular flexibility index (Phi) is 5.55. The van der Waals surface area contributed by atoms with Crippen LogP contribution in [0.2, 0.25) is 0 Å². The van der Waals surface area contributed by atoms with Crippen molar-refractivity contribution in [2.24, 2.45) is 0 Å². The molecular weight excluding hydrogens is 248 g/mol. The second kappa shape index (κ2) is 7.48. The van der Waals surface area contributed by atoms with Gasteiger partial charge in [-0.15, -0.1) is 23.1 Å². The summed E-state index contributed by atoms with van der Waals surface area (Å²) in [6.45, 7) is 2.09. The lowest BCUT2D eigenvalue weighted by Gasteiger charge is -2.03. The predicted octanol–water partition coefficient (Wildman–Crippen LogP) is 3.07. The van der Waals surface area contributed by atoms with Gasteiger partial charge in [0.2, 0.25) is 0 Å². The molecule has 2 heterocycles. The molecule has 0 aliphatic carbocycles. The number of rotatable bonds is 7. The third-order valence-corrected chi connectivity index (χ3v) is 4.18. The number of hydrogen-bond donors (Lipinski definition) is 1. The van der Waals surface area contributed by atoms with Crippen molar-refractivity contribution in [2.45, 2.75) is 11.4 Å². The summed E-state index contributed by atoms with van der Waals surface area (Å²) in [6, 6.07) is 10.3. The molecule has 0 aliphatic heterocycles. The average molecular weight is 264 g/mol. The highest BCUT2D eigenvalue weighted by molar-refractivity contribution is 7.99. The molecule has 0 atom stereocenters. The zero-order valence-electron chi connectivity index (χ0n) is 9.63. The molecular formula is C13H16N2S2. The maximum absolute atomic E-state index is 4.27. The first-order valence-corrected chi connectivity index (χ1v) is 7.58. The maximum Gasteiger partial charge on any atom is 0.0960 e. The Bertz CT molecular complexity index is 401. The minimum atomic E-state index is 1.03. The number of nitrogens with one attached hydrogen (secondary N) is 1. The van der Waals surface area contributed by atoms with E-state index in [1.807, 2.05) is 29.7 Å². The first-order chi connectivity index (χ1) is 8.45. The highest BCUT2D eigenvalue weighted by atomic mass is 32.2. The van der Waals surface area contributed by atoms with E-state index in [1.165, 1.54) is 4.88 Å². The number of hydrogen-bond acceptors (Lipinski definition) is 4. The lowest BCUT2D eigenvalue weighted by Crippen LogP contribution is -2.19. The summed E-state index contributed by atoms with van der Waals surface area (Å²) >= 11 is 3.63. The fourth-order valence-electron chi connectivity index (χ4n) is 1.45. The van der Waals surface area contributed by atoms with E-state index in [9.17, 15) is 0 Å². The van der Waals surface area contributed by atoms with Crippen LogP contribution in [0.15, 0.2) is 46.9 Å². The zero-order valence-corrected chi connectivity index (χ0v) is 11.3. The zero-order chi connectivity index (χ0) is 11.8. The van der Waals surface area contributed by atoms with Crippen molar-refractivity contribution in [3.8, 4) is 0 Å². The summed E-state index contributed by atoms with van der Waals surface area (Å²) < 4.78 is 0. The molecule has 0 fully saturated rings. The van der Waals surface area contributed by atoms with Crippen LogP contribution in [0, 0.1) is 0 Å². The van der Waals surface area contributed by atoms with Gasteiger partial charge >= 0.3 is 0 Å². The normalized spacial score (nSPS) is 10.6. The lowest BCUT2D eigenvalue weighted by atomic mass is 10.3. The predicted molar refractivity (Wildman–Crippen MR) is 75.9 cm³/mol. The van der Waals surface area contributed by atoms with Crippen molar-refractivity contribution in [3.05, 3.63) is 46.8 Å². The van der Waals surface area contributed by atoms with Crippen molar-refractivity contribution in [2.75, 3.05) is 18.8 Å². The van der Waals surface area contributed by atoms with Crippen LogP contribution in [0.25, 0.3) is 0 Å². The lowest BCUT2D eigenvalue weighted by molar-refractivity contribution is 0.725. The largest absolute Gasteiger partial charge is 0.316 e. The molecule has 0 aromatic carbocycles. The van der Waals surface area contributed by atoms with E-state index in [2.05, 4.69) is 33.9 Å². The molecule has 2 nitrogen and oxygen atoms in total. The van der Waals surface area contributed by atoms with Crippen molar-refractivity contribution in [1.82, 2.24) is 10.3 Å². The van der Waals surface area contributed by atoms with E-state index in [1.54, 1.807) is 11.8 Å². The average Bonchev–Trinajstić information content (AvgIpc) is 2.88. The van der Waals surface area contributed by atoms with Crippen LogP contribution in [-0.4, -0.2) is 23.8 Å². The Hall–Kier alpha value is -0.840. The molecule has 0 saturated heterocycles. The van der Waals surface area contributed by atoms with Crippen LogP contribution >= 0.6 is 23.1 Å². The Morgan fingerprint density at radius 3 is 2.94 bits per heavy atom.